The van der Waals surface area contributed by atoms with Crippen molar-refractivity contribution in [3.05, 3.63) is 63.6 Å². The van der Waals surface area contributed by atoms with Gasteiger partial charge in [-0.1, -0.05) is 34.1 Å². The Morgan fingerprint density at radius 3 is 2.33 bits per heavy atom. The lowest BCUT2D eigenvalue weighted by Gasteiger charge is -2.19. The standard InChI is InChI=1S/C17H18BrNO2/c1-11-4-5-13(10-12(11)2)16(17(20)21-3)19-15-8-6-14(18)7-9-15/h4-10,16,19H,1-3H3. The molecule has 110 valence electrons. The monoisotopic (exact) mass is 347 g/mol. The van der Waals surface area contributed by atoms with E-state index in [1.807, 2.05) is 49.4 Å². The molecule has 0 aromatic heterocycles. The van der Waals surface area contributed by atoms with E-state index >= 15 is 0 Å². The Hall–Kier alpha value is -1.81. The fraction of sp³-hybridized carbons (Fsp3) is 0.235. The zero-order valence-electron chi connectivity index (χ0n) is 12.3. The fourth-order valence-corrected chi connectivity index (χ4v) is 2.32. The molecule has 0 fully saturated rings. The summed E-state index contributed by atoms with van der Waals surface area (Å²) < 4.78 is 5.92. The first-order valence-corrected chi connectivity index (χ1v) is 7.47. The van der Waals surface area contributed by atoms with Gasteiger partial charge in [0.05, 0.1) is 7.11 Å². The highest BCUT2D eigenvalue weighted by molar-refractivity contribution is 9.10. The molecule has 0 radical (unpaired) electrons. The van der Waals surface area contributed by atoms with Crippen molar-refractivity contribution < 1.29 is 9.53 Å². The Morgan fingerprint density at radius 2 is 1.76 bits per heavy atom. The molecular formula is C17H18BrNO2. The number of esters is 1. The van der Waals surface area contributed by atoms with Crippen molar-refractivity contribution in [2.45, 2.75) is 19.9 Å². The Morgan fingerprint density at radius 1 is 1.10 bits per heavy atom. The van der Waals surface area contributed by atoms with Crippen LogP contribution in [0.2, 0.25) is 0 Å². The van der Waals surface area contributed by atoms with E-state index in [1.54, 1.807) is 0 Å². The topological polar surface area (TPSA) is 38.3 Å². The number of anilines is 1. The van der Waals surface area contributed by atoms with Gasteiger partial charge in [0.25, 0.3) is 0 Å². The van der Waals surface area contributed by atoms with E-state index in [2.05, 4.69) is 28.2 Å². The van der Waals surface area contributed by atoms with Gasteiger partial charge in [-0.05, 0) is 54.8 Å². The third-order valence-corrected chi connectivity index (χ3v) is 3.99. The molecule has 4 heteroatoms. The summed E-state index contributed by atoms with van der Waals surface area (Å²) >= 11 is 3.40. The SMILES string of the molecule is COC(=O)C(Nc1ccc(Br)cc1)c1ccc(C)c(C)c1. The number of ether oxygens (including phenoxy) is 1. The van der Waals surface area contributed by atoms with Crippen LogP contribution in [0, 0.1) is 13.8 Å². The lowest BCUT2D eigenvalue weighted by atomic mass is 10.0. The van der Waals surface area contributed by atoms with E-state index in [0.29, 0.717) is 0 Å². The largest absolute Gasteiger partial charge is 0.467 e. The Bertz CT molecular complexity index is 638. The van der Waals surface area contributed by atoms with Crippen LogP contribution in [0.5, 0.6) is 0 Å². The minimum absolute atomic E-state index is 0.304. The highest BCUT2D eigenvalue weighted by atomic mass is 79.9. The minimum atomic E-state index is -0.518. The quantitative estimate of drug-likeness (QED) is 0.833. The molecule has 0 heterocycles. The van der Waals surface area contributed by atoms with E-state index in [1.165, 1.54) is 12.7 Å². The second-order valence-electron chi connectivity index (χ2n) is 4.95. The van der Waals surface area contributed by atoms with Gasteiger partial charge in [0, 0.05) is 10.2 Å². The van der Waals surface area contributed by atoms with Gasteiger partial charge < -0.3 is 10.1 Å². The van der Waals surface area contributed by atoms with Gasteiger partial charge in [-0.25, -0.2) is 4.79 Å². The summed E-state index contributed by atoms with van der Waals surface area (Å²) in [6, 6.07) is 13.2. The molecule has 1 atom stereocenters. The highest BCUT2D eigenvalue weighted by Crippen LogP contribution is 2.24. The Balaban J connectivity index is 2.31. The number of carbonyl (C=O) groups is 1. The van der Waals surface area contributed by atoms with Crippen molar-refractivity contribution in [3.8, 4) is 0 Å². The number of carbonyl (C=O) groups excluding carboxylic acids is 1. The van der Waals surface area contributed by atoms with Crippen LogP contribution < -0.4 is 5.32 Å². The minimum Gasteiger partial charge on any atom is -0.467 e. The lowest BCUT2D eigenvalue weighted by molar-refractivity contribution is -0.141. The average molecular weight is 348 g/mol. The number of rotatable bonds is 4. The molecule has 0 saturated heterocycles. The lowest BCUT2D eigenvalue weighted by Crippen LogP contribution is -2.22. The molecule has 0 aliphatic heterocycles. The number of aryl methyl sites for hydroxylation is 2. The molecule has 1 N–H and O–H groups in total. The van der Waals surface area contributed by atoms with Crippen LogP contribution in [-0.2, 0) is 9.53 Å². The van der Waals surface area contributed by atoms with Gasteiger partial charge in [-0.3, -0.25) is 0 Å². The Kier molecular flexibility index (Phi) is 5.02. The molecule has 0 aliphatic rings. The molecule has 2 rings (SSSR count). The summed E-state index contributed by atoms with van der Waals surface area (Å²) in [6.45, 7) is 4.08. The Labute approximate surface area is 133 Å². The van der Waals surface area contributed by atoms with Crippen molar-refractivity contribution in [3.63, 3.8) is 0 Å². The number of hydrogen-bond donors (Lipinski definition) is 1. The number of nitrogens with one attached hydrogen (secondary N) is 1. The first-order valence-electron chi connectivity index (χ1n) is 6.68. The normalized spacial score (nSPS) is 11.8. The van der Waals surface area contributed by atoms with Crippen molar-refractivity contribution in [2.24, 2.45) is 0 Å². The number of methoxy groups -OCH3 is 1. The molecule has 0 bridgehead atoms. The van der Waals surface area contributed by atoms with Crippen molar-refractivity contribution in [1.29, 1.82) is 0 Å². The van der Waals surface area contributed by atoms with Gasteiger partial charge in [0.15, 0.2) is 6.04 Å². The van der Waals surface area contributed by atoms with Crippen LogP contribution in [0.1, 0.15) is 22.7 Å². The maximum atomic E-state index is 12.1. The first kappa shape index (κ1) is 15.6. The maximum absolute atomic E-state index is 12.1. The van der Waals surface area contributed by atoms with Gasteiger partial charge >= 0.3 is 5.97 Å². The van der Waals surface area contributed by atoms with Crippen molar-refractivity contribution >= 4 is 27.6 Å². The summed E-state index contributed by atoms with van der Waals surface area (Å²) in [5, 5.41) is 3.22. The molecule has 1 unspecified atom stereocenters. The predicted molar refractivity (Wildman–Crippen MR) is 88.4 cm³/mol. The molecular weight excluding hydrogens is 330 g/mol. The van der Waals surface area contributed by atoms with E-state index in [9.17, 15) is 4.79 Å². The van der Waals surface area contributed by atoms with Crippen LogP contribution in [0.3, 0.4) is 0 Å². The molecule has 0 aliphatic carbocycles. The van der Waals surface area contributed by atoms with Gasteiger partial charge in [-0.2, -0.15) is 0 Å². The predicted octanol–water partition coefficient (Wildman–Crippen LogP) is 4.39. The second kappa shape index (κ2) is 6.76. The van der Waals surface area contributed by atoms with Crippen LogP contribution in [-0.4, -0.2) is 13.1 Å². The van der Waals surface area contributed by atoms with Crippen LogP contribution in [0.15, 0.2) is 46.9 Å². The number of halogens is 1. The highest BCUT2D eigenvalue weighted by Gasteiger charge is 2.21. The average Bonchev–Trinajstić information content (AvgIpc) is 2.49. The summed E-state index contributed by atoms with van der Waals surface area (Å²) in [7, 11) is 1.40. The number of hydrogen-bond acceptors (Lipinski definition) is 3. The third kappa shape index (κ3) is 3.85. The first-order chi connectivity index (χ1) is 10.0. The zero-order chi connectivity index (χ0) is 15.4. The number of benzene rings is 2. The summed E-state index contributed by atoms with van der Waals surface area (Å²) in [4.78, 5) is 12.1. The molecule has 0 amide bonds. The molecule has 3 nitrogen and oxygen atoms in total. The smallest absolute Gasteiger partial charge is 0.332 e. The molecule has 21 heavy (non-hydrogen) atoms. The second-order valence-corrected chi connectivity index (χ2v) is 5.87. The van der Waals surface area contributed by atoms with Crippen LogP contribution in [0.4, 0.5) is 5.69 Å². The third-order valence-electron chi connectivity index (χ3n) is 3.46. The van der Waals surface area contributed by atoms with Crippen LogP contribution in [0.25, 0.3) is 0 Å². The van der Waals surface area contributed by atoms with Crippen molar-refractivity contribution in [1.82, 2.24) is 0 Å². The van der Waals surface area contributed by atoms with E-state index in [-0.39, 0.29) is 5.97 Å². The molecule has 0 saturated carbocycles. The summed E-state index contributed by atoms with van der Waals surface area (Å²) in [5.41, 5.74) is 4.12. The molecule has 2 aromatic carbocycles. The van der Waals surface area contributed by atoms with Crippen molar-refractivity contribution in [2.75, 3.05) is 12.4 Å². The molecule has 2 aromatic rings. The van der Waals surface area contributed by atoms with Gasteiger partial charge in [-0.15, -0.1) is 0 Å². The maximum Gasteiger partial charge on any atom is 0.332 e. The summed E-state index contributed by atoms with van der Waals surface area (Å²) in [5.74, 6) is -0.304. The van der Waals surface area contributed by atoms with E-state index in [0.717, 1.165) is 21.3 Å². The zero-order valence-corrected chi connectivity index (χ0v) is 13.9. The van der Waals surface area contributed by atoms with E-state index in [4.69, 9.17) is 4.74 Å². The van der Waals surface area contributed by atoms with Gasteiger partial charge in [0.2, 0.25) is 0 Å². The fourth-order valence-electron chi connectivity index (χ4n) is 2.05. The molecule has 0 spiro atoms. The summed E-state index contributed by atoms with van der Waals surface area (Å²) in [6.07, 6.45) is 0. The van der Waals surface area contributed by atoms with Crippen LogP contribution >= 0.6 is 15.9 Å². The van der Waals surface area contributed by atoms with E-state index < -0.39 is 6.04 Å². The van der Waals surface area contributed by atoms with Gasteiger partial charge in [0.1, 0.15) is 0 Å².